The number of carbonyl (C=O) groups excluding carboxylic acids is 1. The minimum Gasteiger partial charge on any atom is -0.481 e. The van der Waals surface area contributed by atoms with Crippen molar-refractivity contribution in [2.24, 2.45) is 17.1 Å². The van der Waals surface area contributed by atoms with Gasteiger partial charge < -0.3 is 20.6 Å². The average molecular weight is 283 g/mol. The molecule has 2 rings (SSSR count). The maximum absolute atomic E-state index is 12.5. The number of nitrogens with zero attached hydrogens (tertiary/aromatic N) is 2. The van der Waals surface area contributed by atoms with E-state index in [0.29, 0.717) is 26.1 Å². The van der Waals surface area contributed by atoms with Crippen molar-refractivity contribution in [1.29, 1.82) is 0 Å². The van der Waals surface area contributed by atoms with E-state index < -0.39 is 11.4 Å². The molecule has 0 radical (unpaired) electrons. The SMILES string of the molecule is CC(C)C1(C(=O)O)CCN(C(=O)N2CCCC(N)C2)C1. The topological polar surface area (TPSA) is 86.9 Å². The van der Waals surface area contributed by atoms with Crippen LogP contribution < -0.4 is 5.73 Å². The van der Waals surface area contributed by atoms with Crippen LogP contribution in [0.15, 0.2) is 0 Å². The van der Waals surface area contributed by atoms with E-state index in [0.717, 1.165) is 19.4 Å². The molecular formula is C14H25N3O3. The lowest BCUT2D eigenvalue weighted by Gasteiger charge is -2.35. The summed E-state index contributed by atoms with van der Waals surface area (Å²) < 4.78 is 0. The Bertz CT molecular complexity index is 399. The fraction of sp³-hybridized carbons (Fsp3) is 0.857. The van der Waals surface area contributed by atoms with Crippen LogP contribution in [0, 0.1) is 11.3 Å². The van der Waals surface area contributed by atoms with Gasteiger partial charge in [0.1, 0.15) is 0 Å². The summed E-state index contributed by atoms with van der Waals surface area (Å²) in [6.45, 7) is 5.97. The fourth-order valence-electron chi connectivity index (χ4n) is 3.27. The maximum atomic E-state index is 12.5. The van der Waals surface area contributed by atoms with Gasteiger partial charge in [0, 0.05) is 32.2 Å². The third kappa shape index (κ3) is 2.61. The Hall–Kier alpha value is -1.30. The number of aliphatic carboxylic acids is 1. The van der Waals surface area contributed by atoms with Gasteiger partial charge in [-0.2, -0.15) is 0 Å². The van der Waals surface area contributed by atoms with Gasteiger partial charge in [0.15, 0.2) is 0 Å². The van der Waals surface area contributed by atoms with Gasteiger partial charge in [-0.25, -0.2) is 4.79 Å². The Morgan fingerprint density at radius 2 is 2.00 bits per heavy atom. The number of carboxylic acids is 1. The lowest BCUT2D eigenvalue weighted by Crippen LogP contribution is -2.51. The molecule has 0 aliphatic carbocycles. The Labute approximate surface area is 119 Å². The standard InChI is InChI=1S/C14H25N3O3/c1-10(2)14(12(18)19)5-7-17(9-14)13(20)16-6-3-4-11(15)8-16/h10-11H,3-9,15H2,1-2H3,(H,18,19). The molecule has 0 aromatic carbocycles. The first-order valence-corrected chi connectivity index (χ1v) is 7.39. The number of nitrogens with two attached hydrogens (primary N) is 1. The number of hydrogen-bond donors (Lipinski definition) is 2. The highest BCUT2D eigenvalue weighted by Crippen LogP contribution is 2.38. The summed E-state index contributed by atoms with van der Waals surface area (Å²) in [6, 6.07) is -0.00597. The smallest absolute Gasteiger partial charge is 0.320 e. The van der Waals surface area contributed by atoms with Gasteiger partial charge in [-0.05, 0) is 25.2 Å². The number of amides is 2. The van der Waals surface area contributed by atoms with Crippen LogP contribution in [-0.4, -0.2) is 59.1 Å². The first-order chi connectivity index (χ1) is 9.36. The van der Waals surface area contributed by atoms with Crippen LogP contribution in [0.25, 0.3) is 0 Å². The lowest BCUT2D eigenvalue weighted by atomic mass is 9.76. The second-order valence-electron chi connectivity index (χ2n) is 6.42. The quantitative estimate of drug-likeness (QED) is 0.790. The predicted octanol–water partition coefficient (Wildman–Crippen LogP) is 0.962. The molecule has 2 atom stereocenters. The molecule has 114 valence electrons. The third-order valence-electron chi connectivity index (χ3n) is 4.83. The van der Waals surface area contributed by atoms with Gasteiger partial charge in [0.2, 0.25) is 0 Å². The average Bonchev–Trinajstić information content (AvgIpc) is 2.84. The van der Waals surface area contributed by atoms with Crippen molar-refractivity contribution in [3.8, 4) is 0 Å². The first kappa shape index (κ1) is 15.1. The summed E-state index contributed by atoms with van der Waals surface area (Å²) in [5.41, 5.74) is 5.11. The van der Waals surface area contributed by atoms with Crippen molar-refractivity contribution in [1.82, 2.24) is 9.80 Å². The van der Waals surface area contributed by atoms with E-state index in [1.165, 1.54) is 0 Å². The van der Waals surface area contributed by atoms with Crippen LogP contribution in [0.4, 0.5) is 4.79 Å². The van der Waals surface area contributed by atoms with Crippen LogP contribution in [0.2, 0.25) is 0 Å². The monoisotopic (exact) mass is 283 g/mol. The van der Waals surface area contributed by atoms with E-state index in [9.17, 15) is 14.7 Å². The summed E-state index contributed by atoms with van der Waals surface area (Å²) in [5, 5.41) is 9.51. The van der Waals surface area contributed by atoms with Crippen LogP contribution in [0.5, 0.6) is 0 Å². The molecule has 0 saturated carbocycles. The Morgan fingerprint density at radius 1 is 1.30 bits per heavy atom. The molecule has 2 amide bonds. The summed E-state index contributed by atoms with van der Waals surface area (Å²) in [5.74, 6) is -0.778. The fourth-order valence-corrected chi connectivity index (χ4v) is 3.27. The number of hydrogen-bond acceptors (Lipinski definition) is 3. The molecule has 2 saturated heterocycles. The normalized spacial score (nSPS) is 30.9. The molecule has 6 heteroatoms. The van der Waals surface area contributed by atoms with Crippen molar-refractivity contribution in [2.75, 3.05) is 26.2 Å². The number of urea groups is 1. The van der Waals surface area contributed by atoms with Gasteiger partial charge >= 0.3 is 12.0 Å². The minimum absolute atomic E-state index is 0.0152. The third-order valence-corrected chi connectivity index (χ3v) is 4.83. The van der Waals surface area contributed by atoms with Crippen molar-refractivity contribution in [2.45, 2.75) is 39.2 Å². The van der Waals surface area contributed by atoms with E-state index >= 15 is 0 Å². The van der Waals surface area contributed by atoms with Gasteiger partial charge in [-0.15, -0.1) is 0 Å². The molecule has 2 heterocycles. The molecule has 20 heavy (non-hydrogen) atoms. The molecule has 2 aliphatic rings. The first-order valence-electron chi connectivity index (χ1n) is 7.39. The highest BCUT2D eigenvalue weighted by Gasteiger charge is 2.49. The molecule has 2 unspecified atom stereocenters. The predicted molar refractivity (Wildman–Crippen MR) is 75.3 cm³/mol. The lowest BCUT2D eigenvalue weighted by molar-refractivity contribution is -0.150. The minimum atomic E-state index is -0.798. The zero-order chi connectivity index (χ0) is 14.9. The number of carbonyl (C=O) groups is 2. The number of carboxylic acid groups (broad SMARTS) is 1. The molecule has 0 bridgehead atoms. The number of piperidine rings is 1. The zero-order valence-electron chi connectivity index (χ0n) is 12.3. The summed E-state index contributed by atoms with van der Waals surface area (Å²) in [7, 11) is 0. The van der Waals surface area contributed by atoms with Crippen LogP contribution >= 0.6 is 0 Å². The summed E-state index contributed by atoms with van der Waals surface area (Å²) in [4.78, 5) is 27.5. The molecule has 0 aromatic rings. The highest BCUT2D eigenvalue weighted by molar-refractivity contribution is 5.80. The van der Waals surface area contributed by atoms with E-state index in [-0.39, 0.29) is 18.0 Å². The highest BCUT2D eigenvalue weighted by atomic mass is 16.4. The van der Waals surface area contributed by atoms with Crippen molar-refractivity contribution in [3.63, 3.8) is 0 Å². The Kier molecular flexibility index (Phi) is 4.22. The molecule has 0 aromatic heterocycles. The van der Waals surface area contributed by atoms with Crippen LogP contribution in [0.3, 0.4) is 0 Å². The van der Waals surface area contributed by atoms with Crippen LogP contribution in [0.1, 0.15) is 33.1 Å². The zero-order valence-corrected chi connectivity index (χ0v) is 12.3. The van der Waals surface area contributed by atoms with E-state index in [2.05, 4.69) is 0 Å². The van der Waals surface area contributed by atoms with Crippen molar-refractivity contribution < 1.29 is 14.7 Å². The maximum Gasteiger partial charge on any atom is 0.320 e. The Morgan fingerprint density at radius 3 is 2.50 bits per heavy atom. The van der Waals surface area contributed by atoms with E-state index in [1.54, 1.807) is 9.80 Å². The molecular weight excluding hydrogens is 258 g/mol. The summed E-state index contributed by atoms with van der Waals surface area (Å²) in [6.07, 6.45) is 2.41. The Balaban J connectivity index is 2.04. The number of likely N-dealkylation sites (tertiary alicyclic amines) is 2. The van der Waals surface area contributed by atoms with Crippen LogP contribution in [-0.2, 0) is 4.79 Å². The molecule has 2 fully saturated rings. The molecule has 0 spiro atoms. The second-order valence-corrected chi connectivity index (χ2v) is 6.42. The second kappa shape index (κ2) is 5.60. The van der Waals surface area contributed by atoms with Crippen molar-refractivity contribution >= 4 is 12.0 Å². The van der Waals surface area contributed by atoms with E-state index in [4.69, 9.17) is 5.73 Å². The van der Waals surface area contributed by atoms with Crippen molar-refractivity contribution in [3.05, 3.63) is 0 Å². The van der Waals surface area contributed by atoms with Gasteiger partial charge in [0.05, 0.1) is 5.41 Å². The summed E-state index contributed by atoms with van der Waals surface area (Å²) >= 11 is 0. The largest absolute Gasteiger partial charge is 0.481 e. The molecule has 6 nitrogen and oxygen atoms in total. The van der Waals surface area contributed by atoms with Gasteiger partial charge in [-0.3, -0.25) is 4.79 Å². The van der Waals surface area contributed by atoms with Gasteiger partial charge in [-0.1, -0.05) is 13.8 Å². The van der Waals surface area contributed by atoms with Gasteiger partial charge in [0.25, 0.3) is 0 Å². The van der Waals surface area contributed by atoms with E-state index in [1.807, 2.05) is 13.8 Å². The number of rotatable bonds is 2. The molecule has 3 N–H and O–H groups in total. The molecule has 2 aliphatic heterocycles.